The Kier molecular flexibility index (Phi) is 11.7. The fourth-order valence-corrected chi connectivity index (χ4v) is 5.55. The van der Waals surface area contributed by atoms with Gasteiger partial charge in [-0.1, -0.05) is 12.1 Å². The smallest absolute Gasteiger partial charge is 0.410 e. The Morgan fingerprint density at radius 1 is 0.872 bits per heavy atom. The first-order chi connectivity index (χ1) is 18.5. The minimum absolute atomic E-state index is 0.131. The second kappa shape index (κ2) is 14.3. The van der Waals surface area contributed by atoms with Crippen molar-refractivity contribution in [2.24, 2.45) is 0 Å². The average Bonchev–Trinajstić information content (AvgIpc) is 2.90. The van der Waals surface area contributed by atoms with E-state index in [1.165, 1.54) is 5.56 Å². The van der Waals surface area contributed by atoms with Crippen molar-refractivity contribution in [3.63, 3.8) is 0 Å². The molecule has 1 amide bonds. The van der Waals surface area contributed by atoms with Gasteiger partial charge in [-0.15, -0.1) is 0 Å². The van der Waals surface area contributed by atoms with Crippen LogP contribution in [0.4, 0.5) is 4.79 Å². The molecule has 2 aromatic rings. The predicted molar refractivity (Wildman–Crippen MR) is 160 cm³/mol. The lowest BCUT2D eigenvalue weighted by atomic mass is 9.85. The zero-order chi connectivity index (χ0) is 28.5. The zero-order valence-corrected chi connectivity index (χ0v) is 26.9. The maximum absolute atomic E-state index is 12.2. The molecule has 2 saturated heterocycles. The van der Waals surface area contributed by atoms with Crippen LogP contribution in [0.1, 0.15) is 71.4 Å². The van der Waals surface area contributed by atoms with Gasteiger partial charge in [0.2, 0.25) is 0 Å². The third-order valence-electron chi connectivity index (χ3n) is 6.98. The highest BCUT2D eigenvalue weighted by Crippen LogP contribution is 2.37. The molecule has 2 aliphatic heterocycles. The van der Waals surface area contributed by atoms with Gasteiger partial charge in [0.1, 0.15) is 14.8 Å². The number of carbonyl (C=O) groups excluding carboxylic acids is 1. The second-order valence-corrected chi connectivity index (χ2v) is 12.4. The molecule has 2 aromatic heterocycles. The molecule has 0 saturated carbocycles. The number of aromatic nitrogens is 2. The van der Waals surface area contributed by atoms with Gasteiger partial charge in [0.25, 0.3) is 0 Å². The van der Waals surface area contributed by atoms with Gasteiger partial charge in [-0.3, -0.25) is 0 Å². The number of piperidine rings is 2. The van der Waals surface area contributed by atoms with E-state index >= 15 is 0 Å². The lowest BCUT2D eigenvalue weighted by molar-refractivity contribution is -0.0857. The first-order valence-corrected chi connectivity index (χ1v) is 15.3. The largest absolute Gasteiger partial charge is 0.444 e. The molecule has 0 spiro atoms. The van der Waals surface area contributed by atoms with Gasteiger partial charge in [-0.05, 0) is 117 Å². The van der Waals surface area contributed by atoms with Crippen LogP contribution in [0.3, 0.4) is 0 Å². The standard InChI is InChI=1S/C17H25BrN2O3.C12H17BrN2O/c1-5-22-17(13-6-7-14(18)19-12-13)8-10-20(11-9-17)15(21)23-16(2,3)4;1-2-16-12(5-7-14-8-6-12)10-3-4-11(13)15-9-10/h6-7,12H,5,8-11H2,1-4H3;3-4,9,14H,2,5-8H2,1H3. The van der Waals surface area contributed by atoms with Gasteiger partial charge in [0.15, 0.2) is 0 Å². The Morgan fingerprint density at radius 2 is 1.33 bits per heavy atom. The van der Waals surface area contributed by atoms with Gasteiger partial charge in [-0.2, -0.15) is 0 Å². The van der Waals surface area contributed by atoms with E-state index in [0.717, 1.165) is 60.1 Å². The van der Waals surface area contributed by atoms with E-state index in [1.54, 1.807) is 4.90 Å². The molecule has 2 aliphatic rings. The molecule has 39 heavy (non-hydrogen) atoms. The Hall–Kier alpha value is -1.59. The summed E-state index contributed by atoms with van der Waals surface area (Å²) in [5, 5.41) is 3.37. The molecule has 4 heterocycles. The average molecular weight is 670 g/mol. The SMILES string of the molecule is CCOC1(c2ccc(Br)nc2)CCN(C(=O)OC(C)(C)C)CC1.CCOC1(c2ccc(Br)nc2)CCNCC1. The van der Waals surface area contributed by atoms with Crippen LogP contribution >= 0.6 is 31.9 Å². The molecule has 0 unspecified atom stereocenters. The fourth-order valence-electron chi connectivity index (χ4n) is 5.08. The quantitative estimate of drug-likeness (QED) is 0.349. The molecule has 0 radical (unpaired) electrons. The van der Waals surface area contributed by atoms with Crippen LogP contribution in [-0.4, -0.2) is 66.0 Å². The van der Waals surface area contributed by atoms with Gasteiger partial charge in [0.05, 0.1) is 11.2 Å². The first kappa shape index (κ1) is 31.9. The first-order valence-electron chi connectivity index (χ1n) is 13.7. The number of amides is 1. The van der Waals surface area contributed by atoms with Crippen molar-refractivity contribution in [1.29, 1.82) is 0 Å². The molecule has 0 bridgehead atoms. The van der Waals surface area contributed by atoms with Crippen LogP contribution in [-0.2, 0) is 25.4 Å². The van der Waals surface area contributed by atoms with Crippen molar-refractivity contribution >= 4 is 38.0 Å². The minimum atomic E-state index is -0.471. The molecular formula is C29H42Br2N4O4. The summed E-state index contributed by atoms with van der Waals surface area (Å²) in [5.74, 6) is 0. The highest BCUT2D eigenvalue weighted by atomic mass is 79.9. The molecule has 216 valence electrons. The number of nitrogens with one attached hydrogen (secondary N) is 1. The van der Waals surface area contributed by atoms with Crippen LogP contribution in [0.5, 0.6) is 0 Å². The van der Waals surface area contributed by atoms with E-state index in [4.69, 9.17) is 14.2 Å². The van der Waals surface area contributed by atoms with Crippen LogP contribution in [0.25, 0.3) is 0 Å². The predicted octanol–water partition coefficient (Wildman–Crippen LogP) is 6.57. The van der Waals surface area contributed by atoms with Gasteiger partial charge >= 0.3 is 6.09 Å². The lowest BCUT2D eigenvalue weighted by Gasteiger charge is -2.41. The molecule has 4 rings (SSSR count). The highest BCUT2D eigenvalue weighted by molar-refractivity contribution is 9.10. The lowest BCUT2D eigenvalue weighted by Crippen LogP contribution is -2.48. The van der Waals surface area contributed by atoms with Crippen molar-refractivity contribution < 1.29 is 19.0 Å². The molecular weight excluding hydrogens is 628 g/mol. The number of hydrogen-bond acceptors (Lipinski definition) is 7. The second-order valence-electron chi connectivity index (χ2n) is 10.8. The van der Waals surface area contributed by atoms with Gasteiger partial charge in [-0.25, -0.2) is 14.8 Å². The molecule has 0 aromatic carbocycles. The zero-order valence-electron chi connectivity index (χ0n) is 23.8. The van der Waals surface area contributed by atoms with Gasteiger partial charge in [0, 0.05) is 49.8 Å². The molecule has 0 aliphatic carbocycles. The summed E-state index contributed by atoms with van der Waals surface area (Å²) in [6, 6.07) is 8.06. The Balaban J connectivity index is 0.000000230. The number of likely N-dealkylation sites (tertiary alicyclic amines) is 1. The summed E-state index contributed by atoms with van der Waals surface area (Å²) >= 11 is 6.72. The van der Waals surface area contributed by atoms with E-state index in [9.17, 15) is 4.79 Å². The summed E-state index contributed by atoms with van der Waals surface area (Å²) in [7, 11) is 0. The third kappa shape index (κ3) is 8.95. The van der Waals surface area contributed by atoms with Crippen molar-refractivity contribution in [2.75, 3.05) is 39.4 Å². The van der Waals surface area contributed by atoms with Crippen LogP contribution < -0.4 is 5.32 Å². The van der Waals surface area contributed by atoms with Crippen molar-refractivity contribution in [3.05, 3.63) is 57.0 Å². The van der Waals surface area contributed by atoms with Crippen LogP contribution in [0.2, 0.25) is 0 Å². The van der Waals surface area contributed by atoms with Crippen LogP contribution in [0, 0.1) is 0 Å². The molecule has 0 atom stereocenters. The number of rotatable bonds is 6. The van der Waals surface area contributed by atoms with E-state index in [1.807, 2.05) is 58.3 Å². The normalized spacial score (nSPS) is 18.6. The number of nitrogens with zero attached hydrogens (tertiary/aromatic N) is 3. The Bertz CT molecular complexity index is 1030. The Labute approximate surface area is 249 Å². The fraction of sp³-hybridized carbons (Fsp3) is 0.621. The molecule has 1 N–H and O–H groups in total. The van der Waals surface area contributed by atoms with E-state index in [0.29, 0.717) is 19.7 Å². The number of ether oxygens (including phenoxy) is 3. The number of hydrogen-bond donors (Lipinski definition) is 1. The highest BCUT2D eigenvalue weighted by Gasteiger charge is 2.39. The monoisotopic (exact) mass is 668 g/mol. The van der Waals surface area contributed by atoms with E-state index in [-0.39, 0.29) is 17.3 Å². The van der Waals surface area contributed by atoms with Crippen molar-refractivity contribution in [3.8, 4) is 0 Å². The summed E-state index contributed by atoms with van der Waals surface area (Å²) < 4.78 is 19.2. The maximum atomic E-state index is 12.2. The van der Waals surface area contributed by atoms with E-state index < -0.39 is 5.60 Å². The molecule has 2 fully saturated rings. The topological polar surface area (TPSA) is 85.8 Å². The Morgan fingerprint density at radius 3 is 1.72 bits per heavy atom. The minimum Gasteiger partial charge on any atom is -0.444 e. The maximum Gasteiger partial charge on any atom is 0.410 e. The molecule has 8 nitrogen and oxygen atoms in total. The van der Waals surface area contributed by atoms with Gasteiger partial charge < -0.3 is 24.4 Å². The number of carbonyl (C=O) groups is 1. The summed E-state index contributed by atoms with van der Waals surface area (Å²) in [5.41, 5.74) is 1.28. The van der Waals surface area contributed by atoms with Crippen LogP contribution in [0.15, 0.2) is 45.9 Å². The number of halogens is 2. The van der Waals surface area contributed by atoms with E-state index in [2.05, 4.69) is 60.1 Å². The summed E-state index contributed by atoms with van der Waals surface area (Å²) in [6.07, 6.45) is 7.03. The summed E-state index contributed by atoms with van der Waals surface area (Å²) in [4.78, 5) is 22.6. The third-order valence-corrected chi connectivity index (χ3v) is 7.92. The van der Waals surface area contributed by atoms with Crippen molar-refractivity contribution in [2.45, 2.75) is 77.1 Å². The summed E-state index contributed by atoms with van der Waals surface area (Å²) in [6.45, 7) is 14.3. The van der Waals surface area contributed by atoms with Crippen molar-refractivity contribution in [1.82, 2.24) is 20.2 Å². The number of pyridine rings is 2. The molecule has 10 heteroatoms.